The van der Waals surface area contributed by atoms with Crippen LogP contribution in [0, 0.1) is 5.95 Å². The smallest absolute Gasteiger partial charge is 0.280 e. The van der Waals surface area contributed by atoms with E-state index in [-0.39, 0.29) is 30.1 Å². The zero-order valence-corrected chi connectivity index (χ0v) is 15.1. The summed E-state index contributed by atoms with van der Waals surface area (Å²) in [7, 11) is 0. The van der Waals surface area contributed by atoms with E-state index in [1.165, 1.54) is 10.9 Å². The van der Waals surface area contributed by atoms with Crippen molar-refractivity contribution in [3.05, 3.63) is 44.9 Å². The number of hydrogen-bond acceptors (Lipinski definition) is 10. The molecule has 4 heterocycles. The van der Waals surface area contributed by atoms with Gasteiger partial charge in [0.15, 0.2) is 16.9 Å². The number of imidazole rings is 1. The molecular formula is C15H17FN8O6. The van der Waals surface area contributed by atoms with Crippen LogP contribution in [0.3, 0.4) is 0 Å². The Kier molecular flexibility index (Phi) is 5.86. The molecule has 3 aromatic heterocycles. The number of amides is 1. The van der Waals surface area contributed by atoms with Crippen LogP contribution in [-0.2, 0) is 4.74 Å². The molecule has 3 atom stereocenters. The van der Waals surface area contributed by atoms with Crippen molar-refractivity contribution in [1.82, 2.24) is 29.5 Å². The average molecular weight is 424 g/mol. The van der Waals surface area contributed by atoms with Crippen molar-refractivity contribution in [2.75, 3.05) is 12.3 Å². The van der Waals surface area contributed by atoms with Crippen molar-refractivity contribution in [2.24, 2.45) is 5.73 Å². The number of H-pyrrole nitrogens is 2. The van der Waals surface area contributed by atoms with Crippen molar-refractivity contribution in [3.63, 3.8) is 0 Å². The minimum atomic E-state index is -1.05. The van der Waals surface area contributed by atoms with Crippen molar-refractivity contribution < 1.29 is 24.1 Å². The largest absolute Gasteiger partial charge is 0.394 e. The number of nitrogens with one attached hydrogen (secondary N) is 2. The van der Waals surface area contributed by atoms with Crippen molar-refractivity contribution in [2.45, 2.75) is 24.9 Å². The second-order valence-electron chi connectivity index (χ2n) is 6.16. The molecule has 1 amide bonds. The van der Waals surface area contributed by atoms with Crippen LogP contribution < -0.4 is 22.6 Å². The first-order chi connectivity index (χ1) is 14.2. The fourth-order valence-corrected chi connectivity index (χ4v) is 2.75. The third kappa shape index (κ3) is 4.17. The molecule has 0 aliphatic carbocycles. The van der Waals surface area contributed by atoms with Gasteiger partial charge < -0.3 is 31.4 Å². The molecule has 0 saturated carbocycles. The number of nitrogens with two attached hydrogens (primary N) is 2. The Balaban J connectivity index is 0.000000199. The maximum atomic E-state index is 12.2. The Bertz CT molecular complexity index is 1190. The zero-order valence-electron chi connectivity index (χ0n) is 15.1. The molecule has 0 bridgehead atoms. The molecule has 0 aromatic carbocycles. The number of aromatic amines is 2. The van der Waals surface area contributed by atoms with Crippen LogP contribution in [0.1, 0.15) is 23.1 Å². The van der Waals surface area contributed by atoms with Crippen molar-refractivity contribution in [1.29, 1.82) is 0 Å². The number of halogens is 1. The summed E-state index contributed by atoms with van der Waals surface area (Å²) >= 11 is 0. The van der Waals surface area contributed by atoms with E-state index >= 15 is 0 Å². The van der Waals surface area contributed by atoms with E-state index in [1.54, 1.807) is 0 Å². The van der Waals surface area contributed by atoms with Crippen LogP contribution in [0.25, 0.3) is 11.2 Å². The molecule has 3 aromatic rings. The van der Waals surface area contributed by atoms with Gasteiger partial charge in [-0.15, -0.1) is 0 Å². The number of nitrogens with zero attached hydrogens (tertiary/aromatic N) is 4. The van der Waals surface area contributed by atoms with E-state index in [4.69, 9.17) is 21.3 Å². The lowest BCUT2D eigenvalue weighted by molar-refractivity contribution is -0.0432. The minimum Gasteiger partial charge on any atom is -0.394 e. The number of primary amides is 1. The van der Waals surface area contributed by atoms with Gasteiger partial charge >= 0.3 is 0 Å². The quantitative estimate of drug-likeness (QED) is 0.256. The highest BCUT2D eigenvalue weighted by Gasteiger charge is 2.35. The highest BCUT2D eigenvalue weighted by Crippen LogP contribution is 2.30. The lowest BCUT2D eigenvalue weighted by Gasteiger charge is -2.13. The number of aromatic nitrogens is 6. The van der Waals surface area contributed by atoms with Gasteiger partial charge in [-0.3, -0.25) is 23.9 Å². The van der Waals surface area contributed by atoms with E-state index in [2.05, 4.69) is 19.9 Å². The minimum absolute atomic E-state index is 0.0171. The van der Waals surface area contributed by atoms with E-state index < -0.39 is 47.1 Å². The maximum Gasteiger partial charge on any atom is 0.280 e. The fraction of sp³-hybridized carbons (Fsp3) is 0.333. The van der Waals surface area contributed by atoms with Gasteiger partial charge in [-0.2, -0.15) is 9.37 Å². The number of hydrogen-bond donors (Lipinski definition) is 6. The number of ether oxygens (including phenoxy) is 1. The predicted molar refractivity (Wildman–Crippen MR) is 97.5 cm³/mol. The summed E-state index contributed by atoms with van der Waals surface area (Å²) < 4.78 is 19.2. The highest BCUT2D eigenvalue weighted by atomic mass is 19.1. The molecule has 1 saturated heterocycles. The summed E-state index contributed by atoms with van der Waals surface area (Å²) in [4.78, 5) is 47.9. The summed E-state index contributed by atoms with van der Waals surface area (Å²) in [5.74, 6) is -2.01. The molecule has 1 aliphatic rings. The molecule has 8 N–H and O–H groups in total. The third-order valence-corrected chi connectivity index (χ3v) is 4.13. The number of nitrogen functional groups attached to an aromatic ring is 1. The molecule has 15 heteroatoms. The topological polar surface area (TPSA) is 228 Å². The first kappa shape index (κ1) is 21.0. The van der Waals surface area contributed by atoms with Crippen molar-refractivity contribution in [3.8, 4) is 0 Å². The van der Waals surface area contributed by atoms with Gasteiger partial charge in [0, 0.05) is 6.42 Å². The summed E-state index contributed by atoms with van der Waals surface area (Å²) in [5.41, 5.74) is 8.79. The van der Waals surface area contributed by atoms with Gasteiger partial charge in [0.2, 0.25) is 11.9 Å². The third-order valence-electron chi connectivity index (χ3n) is 4.13. The Morgan fingerprint density at radius 3 is 2.70 bits per heavy atom. The summed E-state index contributed by atoms with van der Waals surface area (Å²) in [6.45, 7) is -0.277. The number of carbonyl (C=O) groups is 1. The van der Waals surface area contributed by atoms with Gasteiger partial charge in [-0.25, -0.2) is 9.97 Å². The molecule has 1 fully saturated rings. The van der Waals surface area contributed by atoms with Crippen LogP contribution in [0.5, 0.6) is 0 Å². The van der Waals surface area contributed by atoms with Crippen LogP contribution in [0.4, 0.5) is 10.3 Å². The van der Waals surface area contributed by atoms with Crippen LogP contribution >= 0.6 is 0 Å². The van der Waals surface area contributed by atoms with E-state index in [0.717, 1.165) is 6.20 Å². The number of fused-ring (bicyclic) bond motifs is 1. The molecule has 1 aliphatic heterocycles. The van der Waals surface area contributed by atoms with Crippen LogP contribution in [0.15, 0.2) is 22.1 Å². The van der Waals surface area contributed by atoms with Crippen LogP contribution in [0.2, 0.25) is 0 Å². The number of carbonyl (C=O) groups excluding carboxylic acids is 1. The fourth-order valence-electron chi connectivity index (χ4n) is 2.75. The van der Waals surface area contributed by atoms with E-state index in [1.807, 2.05) is 4.98 Å². The molecular weight excluding hydrogens is 407 g/mol. The number of rotatable bonds is 3. The molecule has 0 spiro atoms. The first-order valence-electron chi connectivity index (χ1n) is 8.43. The highest BCUT2D eigenvalue weighted by molar-refractivity contribution is 5.90. The zero-order chi connectivity index (χ0) is 22.0. The molecule has 14 nitrogen and oxygen atoms in total. The Hall–Kier alpha value is -3.69. The first-order valence-corrected chi connectivity index (χ1v) is 8.43. The van der Waals surface area contributed by atoms with Gasteiger partial charge in [-0.05, 0) is 0 Å². The summed E-state index contributed by atoms with van der Waals surface area (Å²) in [6, 6.07) is 0. The van der Waals surface area contributed by atoms with E-state index in [9.17, 15) is 23.9 Å². The maximum absolute atomic E-state index is 12.2. The summed E-state index contributed by atoms with van der Waals surface area (Å²) in [6.07, 6.45) is 0.475. The molecule has 160 valence electrons. The Morgan fingerprint density at radius 1 is 1.37 bits per heavy atom. The number of anilines is 1. The summed E-state index contributed by atoms with van der Waals surface area (Å²) in [5, 5.41) is 18.8. The molecule has 0 radical (unpaired) electrons. The Labute approximate surface area is 165 Å². The van der Waals surface area contributed by atoms with Gasteiger partial charge in [-0.1, -0.05) is 0 Å². The monoisotopic (exact) mass is 424 g/mol. The predicted octanol–water partition coefficient (Wildman–Crippen LogP) is -2.65. The molecule has 30 heavy (non-hydrogen) atoms. The standard InChI is InChI=1S/C10H13N5O4.C5H4FN3O2/c11-10-13-8-7(9(18)14-10)12-3-15(8)6-1-4(17)5(2-16)19-6;6-2-1-8-5(11)3(9-2)4(7)10/h3-6,16-17H,1-2H2,(H3,11,13,14,18);1H,(H2,7,10)(H,8,11)/t4-,5+,6+;/m0./s1. The number of aliphatic hydroxyl groups excluding tert-OH is 2. The van der Waals surface area contributed by atoms with Gasteiger partial charge in [0.1, 0.15) is 12.3 Å². The Morgan fingerprint density at radius 2 is 2.10 bits per heavy atom. The lowest BCUT2D eigenvalue weighted by Crippen LogP contribution is -2.25. The second kappa shape index (κ2) is 8.36. The number of aliphatic hydroxyl groups is 2. The average Bonchev–Trinajstić information content (AvgIpc) is 3.27. The van der Waals surface area contributed by atoms with Crippen LogP contribution in [-0.4, -0.2) is 64.4 Å². The van der Waals surface area contributed by atoms with E-state index in [0.29, 0.717) is 0 Å². The van der Waals surface area contributed by atoms with Crippen molar-refractivity contribution >= 4 is 23.0 Å². The lowest BCUT2D eigenvalue weighted by atomic mass is 10.2. The molecule has 0 unspecified atom stereocenters. The SMILES string of the molecule is NC(=O)c1nc(F)c[nH]c1=O.Nc1nc2c(ncn2[C@H]2C[C@H](O)[C@@H](CO)O2)c(=O)[nH]1. The van der Waals surface area contributed by atoms with Gasteiger partial charge in [0.25, 0.3) is 17.0 Å². The molecule has 4 rings (SSSR count). The second-order valence-corrected chi connectivity index (χ2v) is 6.16. The van der Waals surface area contributed by atoms with Gasteiger partial charge in [0.05, 0.1) is 25.2 Å². The normalized spacial score (nSPS) is 20.7.